The smallest absolute Gasteiger partial charge is 0.246 e. The number of nitrogens with zero attached hydrogens (tertiary/aromatic N) is 1. The molecule has 1 amide bonds. The number of hydrogen-bond acceptors (Lipinski definition) is 3. The van der Waals surface area contributed by atoms with Crippen LogP contribution in [0.3, 0.4) is 0 Å². The van der Waals surface area contributed by atoms with Crippen LogP contribution in [0.25, 0.3) is 0 Å². The Kier molecular flexibility index (Phi) is 5.97. The first-order valence-electron chi connectivity index (χ1n) is 5.67. The van der Waals surface area contributed by atoms with Crippen molar-refractivity contribution in [2.45, 2.75) is 46.6 Å². The summed E-state index contributed by atoms with van der Waals surface area (Å²) in [4.78, 5) is 16.3. The Labute approximate surface area is 98.5 Å². The summed E-state index contributed by atoms with van der Waals surface area (Å²) < 4.78 is 0. The number of carbonyl (C=O) groups is 1. The van der Waals surface area contributed by atoms with Crippen LogP contribution in [0.1, 0.15) is 40.5 Å². The Bertz CT molecular complexity index is 223. The molecule has 0 heterocycles. The Morgan fingerprint density at radius 1 is 1.44 bits per heavy atom. The van der Waals surface area contributed by atoms with Gasteiger partial charge < -0.3 is 5.11 Å². The maximum Gasteiger partial charge on any atom is 0.246 e. The van der Waals surface area contributed by atoms with Crippen LogP contribution in [-0.4, -0.2) is 36.3 Å². The molecule has 1 N–H and O–H groups in total. The second-order valence-electron chi connectivity index (χ2n) is 5.50. The molecular formula is C12H25NO3. The van der Waals surface area contributed by atoms with Crippen molar-refractivity contribution >= 4 is 5.91 Å². The van der Waals surface area contributed by atoms with Crippen molar-refractivity contribution < 1.29 is 14.7 Å². The lowest BCUT2D eigenvalue weighted by Crippen LogP contribution is -2.31. The average Bonchev–Trinajstić information content (AvgIpc) is 2.14. The molecular weight excluding hydrogens is 206 g/mol. The number of hydroxylamine groups is 2. The van der Waals surface area contributed by atoms with E-state index in [0.717, 1.165) is 0 Å². The zero-order valence-electron chi connectivity index (χ0n) is 11.3. The van der Waals surface area contributed by atoms with E-state index in [1.807, 2.05) is 27.7 Å². The number of rotatable bonds is 5. The van der Waals surface area contributed by atoms with Crippen molar-refractivity contribution in [3.8, 4) is 0 Å². The molecule has 0 fully saturated rings. The van der Waals surface area contributed by atoms with Crippen LogP contribution in [-0.2, 0) is 9.63 Å². The first kappa shape index (κ1) is 15.4. The minimum Gasteiger partial charge on any atom is -0.393 e. The molecule has 0 aliphatic rings. The van der Waals surface area contributed by atoms with Crippen LogP contribution < -0.4 is 0 Å². The SMILES string of the molecule is CON(C)C(=O)CC(C)CC(O)C(C)(C)C. The third-order valence-corrected chi connectivity index (χ3v) is 2.77. The summed E-state index contributed by atoms with van der Waals surface area (Å²) in [7, 11) is 3.06. The van der Waals surface area contributed by atoms with E-state index < -0.39 is 0 Å². The molecule has 0 aliphatic heterocycles. The summed E-state index contributed by atoms with van der Waals surface area (Å²) >= 11 is 0. The van der Waals surface area contributed by atoms with Gasteiger partial charge in [0.25, 0.3) is 0 Å². The molecule has 2 atom stereocenters. The van der Waals surface area contributed by atoms with Gasteiger partial charge in [0, 0.05) is 13.5 Å². The molecule has 0 spiro atoms. The van der Waals surface area contributed by atoms with E-state index >= 15 is 0 Å². The van der Waals surface area contributed by atoms with E-state index in [1.165, 1.54) is 12.2 Å². The number of aliphatic hydroxyl groups excluding tert-OH is 1. The molecule has 0 saturated heterocycles. The maximum atomic E-state index is 11.5. The number of hydrogen-bond donors (Lipinski definition) is 1. The van der Waals surface area contributed by atoms with E-state index in [2.05, 4.69) is 0 Å². The summed E-state index contributed by atoms with van der Waals surface area (Å²) in [5.74, 6) is 0.0930. The second kappa shape index (κ2) is 6.21. The Hall–Kier alpha value is -0.610. The summed E-state index contributed by atoms with van der Waals surface area (Å²) in [5, 5.41) is 11.1. The molecule has 0 rings (SSSR count). The highest BCUT2D eigenvalue weighted by Crippen LogP contribution is 2.25. The highest BCUT2D eigenvalue weighted by Gasteiger charge is 2.25. The third-order valence-electron chi connectivity index (χ3n) is 2.77. The number of carbonyl (C=O) groups excluding carboxylic acids is 1. The first-order valence-corrected chi connectivity index (χ1v) is 5.67. The van der Waals surface area contributed by atoms with Crippen molar-refractivity contribution in [1.29, 1.82) is 0 Å². The van der Waals surface area contributed by atoms with Gasteiger partial charge in [-0.15, -0.1) is 0 Å². The Balaban J connectivity index is 4.09. The zero-order valence-corrected chi connectivity index (χ0v) is 11.3. The summed E-state index contributed by atoms with van der Waals surface area (Å²) in [6.45, 7) is 7.95. The lowest BCUT2D eigenvalue weighted by molar-refractivity contribution is -0.169. The van der Waals surface area contributed by atoms with Crippen LogP contribution in [0, 0.1) is 11.3 Å². The highest BCUT2D eigenvalue weighted by molar-refractivity contribution is 5.74. The Morgan fingerprint density at radius 3 is 2.31 bits per heavy atom. The molecule has 0 aromatic rings. The second-order valence-corrected chi connectivity index (χ2v) is 5.50. The van der Waals surface area contributed by atoms with Crippen LogP contribution in [0.4, 0.5) is 0 Å². The van der Waals surface area contributed by atoms with E-state index in [9.17, 15) is 9.90 Å². The minimum absolute atomic E-state index is 0.0592. The van der Waals surface area contributed by atoms with Gasteiger partial charge in [0.1, 0.15) is 0 Å². The monoisotopic (exact) mass is 231 g/mol. The van der Waals surface area contributed by atoms with Gasteiger partial charge in [-0.1, -0.05) is 27.7 Å². The van der Waals surface area contributed by atoms with E-state index in [1.54, 1.807) is 7.05 Å². The van der Waals surface area contributed by atoms with Crippen LogP contribution in [0.5, 0.6) is 0 Å². The van der Waals surface area contributed by atoms with Gasteiger partial charge in [0.2, 0.25) is 5.91 Å². The van der Waals surface area contributed by atoms with E-state index in [4.69, 9.17) is 4.84 Å². The predicted molar refractivity (Wildman–Crippen MR) is 63.6 cm³/mol. The third kappa shape index (κ3) is 5.47. The summed E-state index contributed by atoms with van der Waals surface area (Å²) in [6, 6.07) is 0. The van der Waals surface area contributed by atoms with Gasteiger partial charge in [-0.05, 0) is 17.8 Å². The van der Waals surface area contributed by atoms with E-state index in [-0.39, 0.29) is 23.3 Å². The summed E-state index contributed by atoms with van der Waals surface area (Å²) in [5.41, 5.74) is -0.134. The highest BCUT2D eigenvalue weighted by atomic mass is 16.7. The molecule has 2 unspecified atom stereocenters. The fourth-order valence-corrected chi connectivity index (χ4v) is 1.35. The lowest BCUT2D eigenvalue weighted by Gasteiger charge is -2.28. The fourth-order valence-electron chi connectivity index (χ4n) is 1.35. The molecule has 0 aromatic carbocycles. The number of aliphatic hydroxyl groups is 1. The molecule has 16 heavy (non-hydrogen) atoms. The fraction of sp³-hybridized carbons (Fsp3) is 0.917. The van der Waals surface area contributed by atoms with Gasteiger partial charge in [0.15, 0.2) is 0 Å². The lowest BCUT2D eigenvalue weighted by atomic mass is 9.83. The average molecular weight is 231 g/mol. The van der Waals surface area contributed by atoms with Crippen molar-refractivity contribution in [2.24, 2.45) is 11.3 Å². The largest absolute Gasteiger partial charge is 0.393 e. The van der Waals surface area contributed by atoms with Crippen LogP contribution in [0.15, 0.2) is 0 Å². The van der Waals surface area contributed by atoms with Gasteiger partial charge in [-0.2, -0.15) is 0 Å². The maximum absolute atomic E-state index is 11.5. The van der Waals surface area contributed by atoms with Gasteiger partial charge in [-0.3, -0.25) is 9.63 Å². The van der Waals surface area contributed by atoms with Crippen LogP contribution in [0.2, 0.25) is 0 Å². The molecule has 0 aliphatic carbocycles. The molecule has 4 nitrogen and oxygen atoms in total. The quantitative estimate of drug-likeness (QED) is 0.734. The first-order chi connectivity index (χ1) is 7.18. The molecule has 0 saturated carbocycles. The van der Waals surface area contributed by atoms with E-state index in [0.29, 0.717) is 12.8 Å². The van der Waals surface area contributed by atoms with Crippen molar-refractivity contribution in [3.63, 3.8) is 0 Å². The molecule has 0 aromatic heterocycles. The van der Waals surface area contributed by atoms with Crippen molar-refractivity contribution in [3.05, 3.63) is 0 Å². The Morgan fingerprint density at radius 2 is 1.94 bits per heavy atom. The zero-order chi connectivity index (χ0) is 12.9. The molecule has 96 valence electrons. The van der Waals surface area contributed by atoms with Crippen molar-refractivity contribution in [1.82, 2.24) is 5.06 Å². The summed E-state index contributed by atoms with van der Waals surface area (Å²) in [6.07, 6.45) is 0.646. The van der Waals surface area contributed by atoms with Gasteiger partial charge in [-0.25, -0.2) is 5.06 Å². The normalized spacial score (nSPS) is 15.7. The van der Waals surface area contributed by atoms with Gasteiger partial charge >= 0.3 is 0 Å². The minimum atomic E-state index is -0.386. The van der Waals surface area contributed by atoms with Crippen molar-refractivity contribution in [2.75, 3.05) is 14.2 Å². The molecule has 4 heteroatoms. The molecule has 0 bridgehead atoms. The predicted octanol–water partition coefficient (Wildman–Crippen LogP) is 1.83. The van der Waals surface area contributed by atoms with Crippen LogP contribution >= 0.6 is 0 Å². The standard InChI is InChI=1S/C12H25NO3/c1-9(7-10(14)12(2,3)4)8-11(15)13(5)16-6/h9-10,14H,7-8H2,1-6H3. The topological polar surface area (TPSA) is 49.8 Å². The number of amides is 1. The van der Waals surface area contributed by atoms with Gasteiger partial charge in [0.05, 0.1) is 13.2 Å². The molecule has 0 radical (unpaired) electrons.